The summed E-state index contributed by atoms with van der Waals surface area (Å²) in [6, 6.07) is 4.48. The minimum absolute atomic E-state index is 0.0175. The molecule has 1 fully saturated rings. The number of hydrogen-bond donors (Lipinski definition) is 1. The van der Waals surface area contributed by atoms with E-state index in [1.54, 1.807) is 6.07 Å². The maximum absolute atomic E-state index is 13.5. The highest BCUT2D eigenvalue weighted by Gasteiger charge is 2.15. The van der Waals surface area contributed by atoms with Crippen molar-refractivity contribution in [1.82, 2.24) is 0 Å². The largest absolute Gasteiger partial charge is 0.465 e. The zero-order valence-corrected chi connectivity index (χ0v) is 11.2. The number of esters is 1. The molecule has 19 heavy (non-hydrogen) atoms. The maximum Gasteiger partial charge on any atom is 0.340 e. The fourth-order valence-corrected chi connectivity index (χ4v) is 2.56. The lowest BCUT2D eigenvalue weighted by atomic mass is 9.89. The molecule has 0 aromatic heterocycles. The molecule has 0 atom stereocenters. The molecule has 0 aliphatic heterocycles. The Morgan fingerprint density at radius 1 is 1.37 bits per heavy atom. The van der Waals surface area contributed by atoms with Gasteiger partial charge in [-0.2, -0.15) is 0 Å². The third-order valence-corrected chi connectivity index (χ3v) is 3.69. The summed E-state index contributed by atoms with van der Waals surface area (Å²) < 4.78 is 18.0. The van der Waals surface area contributed by atoms with Crippen LogP contribution in [-0.4, -0.2) is 19.6 Å². The lowest BCUT2D eigenvalue weighted by molar-refractivity contribution is 0.0595. The van der Waals surface area contributed by atoms with E-state index in [9.17, 15) is 9.18 Å². The Hall–Kier alpha value is -1.58. The Kier molecular flexibility index (Phi) is 4.77. The minimum Gasteiger partial charge on any atom is -0.465 e. The van der Waals surface area contributed by atoms with E-state index in [-0.39, 0.29) is 5.56 Å². The highest BCUT2D eigenvalue weighted by Crippen LogP contribution is 2.24. The molecule has 4 heteroatoms. The van der Waals surface area contributed by atoms with Crippen LogP contribution in [0.2, 0.25) is 0 Å². The Bertz CT molecular complexity index is 442. The molecule has 0 unspecified atom stereocenters. The molecule has 1 saturated carbocycles. The van der Waals surface area contributed by atoms with Crippen LogP contribution in [0.15, 0.2) is 18.2 Å². The van der Waals surface area contributed by atoms with E-state index in [0.717, 1.165) is 12.2 Å². The van der Waals surface area contributed by atoms with Crippen LogP contribution >= 0.6 is 0 Å². The number of benzene rings is 1. The lowest BCUT2D eigenvalue weighted by Gasteiger charge is -2.22. The van der Waals surface area contributed by atoms with Crippen LogP contribution in [0.25, 0.3) is 0 Å². The summed E-state index contributed by atoms with van der Waals surface area (Å²) in [7, 11) is 1.25. The fraction of sp³-hybridized carbons (Fsp3) is 0.533. The Labute approximate surface area is 113 Å². The number of anilines is 1. The minimum atomic E-state index is -0.640. The lowest BCUT2D eigenvalue weighted by Crippen LogP contribution is -2.17. The quantitative estimate of drug-likeness (QED) is 0.845. The summed E-state index contributed by atoms with van der Waals surface area (Å²) in [4.78, 5) is 11.4. The molecule has 0 radical (unpaired) electrons. The second-order valence-electron chi connectivity index (χ2n) is 5.07. The van der Waals surface area contributed by atoms with Crippen LogP contribution in [0.5, 0.6) is 0 Å². The second kappa shape index (κ2) is 6.55. The zero-order chi connectivity index (χ0) is 13.7. The predicted octanol–water partition coefficient (Wildman–Crippen LogP) is 3.60. The van der Waals surface area contributed by atoms with E-state index in [4.69, 9.17) is 0 Å². The number of hydrogen-bond acceptors (Lipinski definition) is 3. The van der Waals surface area contributed by atoms with Crippen molar-refractivity contribution in [3.63, 3.8) is 0 Å². The van der Waals surface area contributed by atoms with Gasteiger partial charge < -0.3 is 10.1 Å². The van der Waals surface area contributed by atoms with Crippen molar-refractivity contribution < 1.29 is 13.9 Å². The van der Waals surface area contributed by atoms with Gasteiger partial charge in [0.2, 0.25) is 0 Å². The fourth-order valence-electron chi connectivity index (χ4n) is 2.56. The summed E-state index contributed by atoms with van der Waals surface area (Å²) in [5.74, 6) is -0.505. The van der Waals surface area contributed by atoms with Gasteiger partial charge in [-0.25, -0.2) is 9.18 Å². The number of rotatable bonds is 4. The van der Waals surface area contributed by atoms with Crippen LogP contribution in [0, 0.1) is 11.7 Å². The SMILES string of the molecule is COC(=O)c1cc(NCC2CCCCC2)ccc1F. The summed E-state index contributed by atoms with van der Waals surface area (Å²) in [5.41, 5.74) is 0.753. The molecule has 0 bridgehead atoms. The first-order chi connectivity index (χ1) is 9.20. The Morgan fingerprint density at radius 3 is 2.79 bits per heavy atom. The monoisotopic (exact) mass is 265 g/mol. The molecule has 3 nitrogen and oxygen atoms in total. The first-order valence-corrected chi connectivity index (χ1v) is 6.82. The average Bonchev–Trinajstić information content (AvgIpc) is 2.46. The highest BCUT2D eigenvalue weighted by atomic mass is 19.1. The Balaban J connectivity index is 1.98. The van der Waals surface area contributed by atoms with Crippen LogP contribution in [0.4, 0.5) is 10.1 Å². The molecule has 1 aromatic rings. The third kappa shape index (κ3) is 3.69. The summed E-state index contributed by atoms with van der Waals surface area (Å²) >= 11 is 0. The summed E-state index contributed by atoms with van der Waals surface area (Å²) in [6.07, 6.45) is 6.42. The smallest absolute Gasteiger partial charge is 0.340 e. The van der Waals surface area contributed by atoms with E-state index in [2.05, 4.69) is 10.1 Å². The van der Waals surface area contributed by atoms with E-state index in [1.165, 1.54) is 51.3 Å². The van der Waals surface area contributed by atoms with Gasteiger partial charge in [0.15, 0.2) is 0 Å². The van der Waals surface area contributed by atoms with E-state index in [0.29, 0.717) is 5.92 Å². The molecule has 104 valence electrons. The predicted molar refractivity (Wildman–Crippen MR) is 72.8 cm³/mol. The summed E-state index contributed by atoms with van der Waals surface area (Å²) in [5, 5.41) is 3.29. The molecule has 0 amide bonds. The molecule has 1 aliphatic carbocycles. The zero-order valence-electron chi connectivity index (χ0n) is 11.2. The van der Waals surface area contributed by atoms with E-state index >= 15 is 0 Å². The van der Waals surface area contributed by atoms with Gasteiger partial charge in [0.1, 0.15) is 5.82 Å². The first kappa shape index (κ1) is 13.8. The number of carbonyl (C=O) groups excluding carboxylic acids is 1. The van der Waals surface area contributed by atoms with Gasteiger partial charge in [0, 0.05) is 12.2 Å². The van der Waals surface area contributed by atoms with Crippen molar-refractivity contribution in [1.29, 1.82) is 0 Å². The van der Waals surface area contributed by atoms with Crippen molar-refractivity contribution in [3.8, 4) is 0 Å². The molecule has 0 saturated heterocycles. The standard InChI is InChI=1S/C15H20FNO2/c1-19-15(18)13-9-12(7-8-14(13)16)17-10-11-5-3-2-4-6-11/h7-9,11,17H,2-6,10H2,1H3. The van der Waals surface area contributed by atoms with Gasteiger partial charge in [-0.1, -0.05) is 19.3 Å². The molecule has 1 aromatic carbocycles. The van der Waals surface area contributed by atoms with Crippen LogP contribution < -0.4 is 5.32 Å². The van der Waals surface area contributed by atoms with Gasteiger partial charge in [0.25, 0.3) is 0 Å². The highest BCUT2D eigenvalue weighted by molar-refractivity contribution is 5.90. The molecular formula is C15H20FNO2. The number of ether oxygens (including phenoxy) is 1. The van der Waals surface area contributed by atoms with Crippen molar-refractivity contribution in [2.75, 3.05) is 19.0 Å². The number of nitrogens with one attached hydrogen (secondary N) is 1. The van der Waals surface area contributed by atoms with Crippen molar-refractivity contribution in [3.05, 3.63) is 29.6 Å². The topological polar surface area (TPSA) is 38.3 Å². The third-order valence-electron chi connectivity index (χ3n) is 3.69. The number of methoxy groups -OCH3 is 1. The van der Waals surface area contributed by atoms with Gasteiger partial charge in [0.05, 0.1) is 12.7 Å². The van der Waals surface area contributed by atoms with Crippen molar-refractivity contribution >= 4 is 11.7 Å². The van der Waals surface area contributed by atoms with E-state index in [1.807, 2.05) is 0 Å². The molecule has 1 N–H and O–H groups in total. The normalized spacial score (nSPS) is 16.1. The van der Waals surface area contributed by atoms with Gasteiger partial charge in [-0.15, -0.1) is 0 Å². The van der Waals surface area contributed by atoms with Crippen LogP contribution in [-0.2, 0) is 4.74 Å². The van der Waals surface area contributed by atoms with Crippen LogP contribution in [0.3, 0.4) is 0 Å². The van der Waals surface area contributed by atoms with Gasteiger partial charge >= 0.3 is 5.97 Å². The van der Waals surface area contributed by atoms with Crippen LogP contribution in [0.1, 0.15) is 42.5 Å². The maximum atomic E-state index is 13.5. The second-order valence-corrected chi connectivity index (χ2v) is 5.07. The molecule has 1 aliphatic rings. The summed E-state index contributed by atoms with van der Waals surface area (Å²) in [6.45, 7) is 0.881. The van der Waals surface area contributed by atoms with Gasteiger partial charge in [-0.05, 0) is 37.0 Å². The first-order valence-electron chi connectivity index (χ1n) is 6.82. The molecule has 0 spiro atoms. The van der Waals surface area contributed by atoms with E-state index < -0.39 is 11.8 Å². The van der Waals surface area contributed by atoms with Crippen molar-refractivity contribution in [2.45, 2.75) is 32.1 Å². The van der Waals surface area contributed by atoms with Gasteiger partial charge in [-0.3, -0.25) is 0 Å². The number of halogens is 1. The Morgan fingerprint density at radius 2 is 2.11 bits per heavy atom. The molecule has 0 heterocycles. The average molecular weight is 265 g/mol. The molecular weight excluding hydrogens is 245 g/mol. The molecule has 2 rings (SSSR count). The van der Waals surface area contributed by atoms with Crippen molar-refractivity contribution in [2.24, 2.45) is 5.92 Å². The number of carbonyl (C=O) groups is 1.